The van der Waals surface area contributed by atoms with E-state index in [0.29, 0.717) is 0 Å². The van der Waals surface area contributed by atoms with E-state index in [1.165, 1.54) is 7.11 Å². The number of nitrogens with one attached hydrogen (secondary N) is 1. The highest BCUT2D eigenvalue weighted by atomic mass is 32.2. The van der Waals surface area contributed by atoms with Crippen LogP contribution < -0.4 is 10.1 Å². The quantitative estimate of drug-likeness (QED) is 0.823. The molecule has 2 aliphatic rings. The van der Waals surface area contributed by atoms with Gasteiger partial charge in [-0.25, -0.2) is 16.8 Å². The number of ether oxygens (including phenoxy) is 1. The number of rotatable bonds is 5. The summed E-state index contributed by atoms with van der Waals surface area (Å²) in [7, 11) is -5.80. The zero-order valence-electron chi connectivity index (χ0n) is 14.6. The molecule has 25 heavy (non-hydrogen) atoms. The molecule has 2 atom stereocenters. The molecule has 8 heteroatoms. The van der Waals surface area contributed by atoms with Gasteiger partial charge in [0.2, 0.25) is 0 Å². The maximum Gasteiger partial charge on any atom is 0.187 e. The Morgan fingerprint density at radius 2 is 1.84 bits per heavy atom. The SMILES string of the molecule is COc1ccc(C)cc1S(=O)(=O)[C@@H]1CS(=O)(=O)C[C@@H]1NC1CCCC1. The van der Waals surface area contributed by atoms with Crippen LogP contribution in [0.2, 0.25) is 0 Å². The summed E-state index contributed by atoms with van der Waals surface area (Å²) in [5.41, 5.74) is 0.792. The van der Waals surface area contributed by atoms with Gasteiger partial charge in [0, 0.05) is 12.1 Å². The summed E-state index contributed by atoms with van der Waals surface area (Å²) in [4.78, 5) is 0.0790. The monoisotopic (exact) mass is 387 g/mol. The predicted octanol–water partition coefficient (Wildman–Crippen LogP) is 1.48. The summed E-state index contributed by atoms with van der Waals surface area (Å²) in [6.07, 6.45) is 4.13. The second-order valence-corrected chi connectivity index (χ2v) is 11.4. The lowest BCUT2D eigenvalue weighted by Crippen LogP contribution is -2.47. The van der Waals surface area contributed by atoms with E-state index < -0.39 is 31.0 Å². The molecule has 2 fully saturated rings. The number of benzene rings is 1. The normalized spacial score (nSPS) is 26.8. The fraction of sp³-hybridized carbons (Fsp3) is 0.647. The second-order valence-electron chi connectivity index (χ2n) is 7.07. The van der Waals surface area contributed by atoms with Crippen molar-refractivity contribution in [2.75, 3.05) is 18.6 Å². The third-order valence-corrected chi connectivity index (χ3v) is 9.30. The van der Waals surface area contributed by atoms with E-state index >= 15 is 0 Å². The van der Waals surface area contributed by atoms with Crippen molar-refractivity contribution in [1.82, 2.24) is 5.32 Å². The molecule has 0 radical (unpaired) electrons. The first-order valence-electron chi connectivity index (χ1n) is 8.58. The van der Waals surface area contributed by atoms with Crippen LogP contribution in [0.15, 0.2) is 23.1 Å². The van der Waals surface area contributed by atoms with Crippen LogP contribution in [0.4, 0.5) is 0 Å². The summed E-state index contributed by atoms with van der Waals surface area (Å²) in [6.45, 7) is 1.80. The Morgan fingerprint density at radius 3 is 2.48 bits per heavy atom. The summed E-state index contributed by atoms with van der Waals surface area (Å²) in [6, 6.07) is 4.59. The Morgan fingerprint density at radius 1 is 1.16 bits per heavy atom. The molecule has 1 saturated heterocycles. The van der Waals surface area contributed by atoms with Crippen molar-refractivity contribution in [3.8, 4) is 5.75 Å². The summed E-state index contributed by atoms with van der Waals surface area (Å²) in [5.74, 6) is -0.201. The van der Waals surface area contributed by atoms with Gasteiger partial charge in [-0.15, -0.1) is 0 Å². The molecule has 0 aromatic heterocycles. The molecule has 1 aromatic rings. The minimum Gasteiger partial charge on any atom is -0.495 e. The van der Waals surface area contributed by atoms with Gasteiger partial charge in [-0.3, -0.25) is 0 Å². The van der Waals surface area contributed by atoms with E-state index in [1.807, 2.05) is 0 Å². The number of hydrogen-bond donors (Lipinski definition) is 1. The van der Waals surface area contributed by atoms with E-state index in [2.05, 4.69) is 5.32 Å². The topological polar surface area (TPSA) is 89.5 Å². The Labute approximate surface area is 149 Å². The average Bonchev–Trinajstić information content (AvgIpc) is 3.15. The molecule has 6 nitrogen and oxygen atoms in total. The van der Waals surface area contributed by atoms with E-state index in [0.717, 1.165) is 31.2 Å². The number of aryl methyl sites for hydroxylation is 1. The molecule has 1 aliphatic heterocycles. The van der Waals surface area contributed by atoms with Crippen LogP contribution in [0.5, 0.6) is 5.75 Å². The van der Waals surface area contributed by atoms with Gasteiger partial charge in [0.1, 0.15) is 10.6 Å². The molecule has 1 N–H and O–H groups in total. The Balaban J connectivity index is 1.97. The molecule has 0 amide bonds. The zero-order valence-corrected chi connectivity index (χ0v) is 16.2. The molecule has 3 rings (SSSR count). The number of methoxy groups -OCH3 is 1. The van der Waals surface area contributed by atoms with Crippen molar-refractivity contribution in [2.45, 2.75) is 54.8 Å². The van der Waals surface area contributed by atoms with Crippen molar-refractivity contribution in [3.05, 3.63) is 23.8 Å². The fourth-order valence-electron chi connectivity index (χ4n) is 3.84. The van der Waals surface area contributed by atoms with Crippen molar-refractivity contribution < 1.29 is 21.6 Å². The molecule has 1 heterocycles. The van der Waals surface area contributed by atoms with Crippen LogP contribution in [0.25, 0.3) is 0 Å². The van der Waals surface area contributed by atoms with E-state index in [9.17, 15) is 16.8 Å². The molecule has 0 bridgehead atoms. The third kappa shape index (κ3) is 3.85. The molecule has 140 valence electrons. The van der Waals surface area contributed by atoms with Gasteiger partial charge in [0.05, 0.1) is 23.9 Å². The molecule has 1 saturated carbocycles. The van der Waals surface area contributed by atoms with Crippen LogP contribution in [0.3, 0.4) is 0 Å². The Bertz CT molecular complexity index is 842. The second kappa shape index (κ2) is 6.89. The van der Waals surface area contributed by atoms with Crippen molar-refractivity contribution >= 4 is 19.7 Å². The van der Waals surface area contributed by atoms with Gasteiger partial charge in [0.25, 0.3) is 0 Å². The van der Waals surface area contributed by atoms with Crippen LogP contribution in [-0.2, 0) is 19.7 Å². The first-order chi connectivity index (χ1) is 11.7. The fourth-order valence-corrected chi connectivity index (χ4v) is 8.76. The van der Waals surface area contributed by atoms with Gasteiger partial charge >= 0.3 is 0 Å². The van der Waals surface area contributed by atoms with Crippen molar-refractivity contribution in [1.29, 1.82) is 0 Å². The van der Waals surface area contributed by atoms with Gasteiger partial charge in [-0.05, 0) is 37.5 Å². The molecule has 1 aliphatic carbocycles. The average molecular weight is 388 g/mol. The van der Waals surface area contributed by atoms with E-state index in [1.54, 1.807) is 25.1 Å². The lowest BCUT2D eigenvalue weighted by molar-refractivity contribution is 0.401. The van der Waals surface area contributed by atoms with Gasteiger partial charge in [-0.1, -0.05) is 18.9 Å². The van der Waals surface area contributed by atoms with Gasteiger partial charge in [0.15, 0.2) is 19.7 Å². The number of sulfone groups is 2. The predicted molar refractivity (Wildman–Crippen MR) is 96.5 cm³/mol. The minimum absolute atomic E-state index is 0.0790. The first kappa shape index (κ1) is 18.7. The Kier molecular flexibility index (Phi) is 5.14. The van der Waals surface area contributed by atoms with Crippen LogP contribution >= 0.6 is 0 Å². The summed E-state index contributed by atoms with van der Waals surface area (Å²) in [5, 5.41) is 2.33. The van der Waals surface area contributed by atoms with E-state index in [4.69, 9.17) is 4.74 Å². The lowest BCUT2D eigenvalue weighted by Gasteiger charge is -2.24. The highest BCUT2D eigenvalue weighted by molar-refractivity contribution is 7.96. The van der Waals surface area contributed by atoms with Crippen LogP contribution in [0, 0.1) is 6.92 Å². The lowest BCUT2D eigenvalue weighted by atomic mass is 10.2. The standard InChI is InChI=1S/C17H25NO5S2/c1-12-7-8-15(23-2)16(9-12)25(21,22)17-11-24(19,20)10-14(17)18-13-5-3-4-6-13/h7-9,13-14,17-18H,3-6,10-11H2,1-2H3/t14-,17+/m0/s1. The largest absolute Gasteiger partial charge is 0.495 e. The van der Waals surface area contributed by atoms with E-state index in [-0.39, 0.29) is 28.2 Å². The third-order valence-electron chi connectivity index (χ3n) is 5.13. The first-order valence-corrected chi connectivity index (χ1v) is 11.9. The number of hydrogen-bond acceptors (Lipinski definition) is 6. The molecular formula is C17H25NO5S2. The van der Waals surface area contributed by atoms with Crippen LogP contribution in [0.1, 0.15) is 31.2 Å². The Hall–Kier alpha value is -1.12. The summed E-state index contributed by atoms with van der Waals surface area (Å²) >= 11 is 0. The van der Waals surface area contributed by atoms with Crippen molar-refractivity contribution in [2.24, 2.45) is 0 Å². The summed E-state index contributed by atoms with van der Waals surface area (Å²) < 4.78 is 56.1. The highest BCUT2D eigenvalue weighted by Crippen LogP contribution is 2.33. The maximum atomic E-state index is 13.3. The minimum atomic E-state index is -3.83. The van der Waals surface area contributed by atoms with Crippen LogP contribution in [-0.4, -0.2) is 52.8 Å². The maximum absolute atomic E-state index is 13.3. The van der Waals surface area contributed by atoms with Crippen molar-refractivity contribution in [3.63, 3.8) is 0 Å². The molecular weight excluding hydrogens is 362 g/mol. The van der Waals surface area contributed by atoms with Gasteiger partial charge < -0.3 is 10.1 Å². The molecule has 1 aromatic carbocycles. The smallest absolute Gasteiger partial charge is 0.187 e. The van der Waals surface area contributed by atoms with Gasteiger partial charge in [-0.2, -0.15) is 0 Å². The highest BCUT2D eigenvalue weighted by Gasteiger charge is 2.47. The molecule has 0 spiro atoms. The zero-order chi connectivity index (χ0) is 18.2. The molecule has 0 unspecified atom stereocenters.